The van der Waals surface area contributed by atoms with Crippen molar-refractivity contribution in [1.82, 2.24) is 9.78 Å². The fraction of sp³-hybridized carbons (Fsp3) is 0.357. The number of sulfonamides is 1. The molecule has 0 amide bonds. The minimum absolute atomic E-state index is 0.109. The molecule has 1 heterocycles. The number of aromatic nitrogens is 2. The minimum Gasteiger partial charge on any atom is -0.280 e. The van der Waals surface area contributed by atoms with Gasteiger partial charge in [0.2, 0.25) is 10.0 Å². The number of unbranched alkanes of at least 4 members (excludes halogenated alkanes) is 1. The number of halogens is 2. The third kappa shape index (κ3) is 4.90. The molecule has 0 aliphatic heterocycles. The van der Waals surface area contributed by atoms with E-state index in [-0.39, 0.29) is 5.75 Å². The van der Waals surface area contributed by atoms with Crippen molar-refractivity contribution < 1.29 is 8.42 Å². The zero-order chi connectivity index (χ0) is 16.2. The second-order valence-corrected chi connectivity index (χ2v) is 7.62. The van der Waals surface area contributed by atoms with E-state index in [4.69, 9.17) is 23.2 Å². The van der Waals surface area contributed by atoms with Crippen LogP contribution in [0.3, 0.4) is 0 Å². The van der Waals surface area contributed by atoms with Crippen molar-refractivity contribution in [2.75, 3.05) is 10.5 Å². The Morgan fingerprint density at radius 1 is 1.32 bits per heavy atom. The van der Waals surface area contributed by atoms with Crippen LogP contribution in [0.4, 0.5) is 5.69 Å². The topological polar surface area (TPSA) is 64.0 Å². The van der Waals surface area contributed by atoms with Crippen molar-refractivity contribution >= 4 is 38.9 Å². The van der Waals surface area contributed by atoms with Crippen LogP contribution in [0.5, 0.6) is 0 Å². The molecule has 5 nitrogen and oxygen atoms in total. The lowest BCUT2D eigenvalue weighted by Gasteiger charge is -2.06. The van der Waals surface area contributed by atoms with Gasteiger partial charge in [-0.05, 0) is 24.1 Å². The van der Waals surface area contributed by atoms with Gasteiger partial charge in [0.25, 0.3) is 0 Å². The summed E-state index contributed by atoms with van der Waals surface area (Å²) in [5.74, 6) is 0.109. The van der Waals surface area contributed by atoms with E-state index in [1.54, 1.807) is 23.0 Å². The number of benzene rings is 1. The largest absolute Gasteiger partial charge is 0.280 e. The summed E-state index contributed by atoms with van der Waals surface area (Å²) in [4.78, 5) is 0. The molecule has 1 N–H and O–H groups in total. The van der Waals surface area contributed by atoms with Crippen LogP contribution in [0.15, 0.2) is 30.6 Å². The van der Waals surface area contributed by atoms with E-state index < -0.39 is 10.0 Å². The number of nitrogens with one attached hydrogen (secondary N) is 1. The van der Waals surface area contributed by atoms with Crippen molar-refractivity contribution in [3.8, 4) is 0 Å². The Kier molecular flexibility index (Phi) is 5.72. The molecule has 120 valence electrons. The molecule has 22 heavy (non-hydrogen) atoms. The second-order valence-electron chi connectivity index (χ2n) is 4.94. The van der Waals surface area contributed by atoms with Gasteiger partial charge in [0.15, 0.2) is 0 Å². The number of rotatable bonds is 7. The van der Waals surface area contributed by atoms with E-state index >= 15 is 0 Å². The smallest absolute Gasteiger partial charge is 0.232 e. The van der Waals surface area contributed by atoms with Gasteiger partial charge in [0.05, 0.1) is 24.2 Å². The molecule has 1 aromatic carbocycles. The summed E-state index contributed by atoms with van der Waals surface area (Å²) in [5.41, 5.74) is 1.30. The Morgan fingerprint density at radius 2 is 2.09 bits per heavy atom. The van der Waals surface area contributed by atoms with Crippen LogP contribution < -0.4 is 4.72 Å². The maximum Gasteiger partial charge on any atom is 0.232 e. The molecule has 0 atom stereocenters. The quantitative estimate of drug-likeness (QED) is 0.815. The SMILES string of the molecule is CCCCS(=O)(=O)Nc1cnn(Cc2ccc(Cl)cc2Cl)c1. The monoisotopic (exact) mass is 361 g/mol. The summed E-state index contributed by atoms with van der Waals surface area (Å²) in [5, 5.41) is 5.25. The molecule has 0 aliphatic carbocycles. The zero-order valence-electron chi connectivity index (χ0n) is 12.1. The summed E-state index contributed by atoms with van der Waals surface area (Å²) in [7, 11) is -3.32. The third-order valence-electron chi connectivity index (χ3n) is 3.02. The first-order chi connectivity index (χ1) is 10.4. The molecule has 0 aliphatic rings. The van der Waals surface area contributed by atoms with Crippen LogP contribution in [0.1, 0.15) is 25.3 Å². The lowest BCUT2D eigenvalue weighted by Crippen LogP contribution is -2.16. The number of hydrogen-bond acceptors (Lipinski definition) is 3. The fourth-order valence-corrected chi connectivity index (χ4v) is 3.60. The van der Waals surface area contributed by atoms with Crippen molar-refractivity contribution in [2.45, 2.75) is 26.3 Å². The average molecular weight is 362 g/mol. The molecule has 0 unspecified atom stereocenters. The van der Waals surface area contributed by atoms with Crippen molar-refractivity contribution in [3.63, 3.8) is 0 Å². The lowest BCUT2D eigenvalue weighted by atomic mass is 10.2. The van der Waals surface area contributed by atoms with E-state index in [0.29, 0.717) is 28.7 Å². The fourth-order valence-electron chi connectivity index (χ4n) is 1.89. The first kappa shape index (κ1) is 17.1. The summed E-state index contributed by atoms with van der Waals surface area (Å²) < 4.78 is 27.8. The van der Waals surface area contributed by atoms with E-state index in [9.17, 15) is 8.42 Å². The molecular weight excluding hydrogens is 345 g/mol. The van der Waals surface area contributed by atoms with Gasteiger partial charge in [-0.1, -0.05) is 42.6 Å². The Hall–Kier alpha value is -1.24. The van der Waals surface area contributed by atoms with Gasteiger partial charge in [0, 0.05) is 16.2 Å². The van der Waals surface area contributed by atoms with Gasteiger partial charge >= 0.3 is 0 Å². The Labute approximate surface area is 140 Å². The molecule has 0 bridgehead atoms. The lowest BCUT2D eigenvalue weighted by molar-refractivity contribution is 0.598. The molecule has 2 rings (SSSR count). The Morgan fingerprint density at radius 3 is 2.77 bits per heavy atom. The molecular formula is C14H17Cl2N3O2S. The maximum absolute atomic E-state index is 11.8. The predicted molar refractivity (Wildman–Crippen MR) is 90.1 cm³/mol. The molecule has 0 spiro atoms. The number of hydrogen-bond donors (Lipinski definition) is 1. The number of anilines is 1. The van der Waals surface area contributed by atoms with Crippen LogP contribution in [-0.2, 0) is 16.6 Å². The highest BCUT2D eigenvalue weighted by Crippen LogP contribution is 2.22. The number of nitrogens with zero attached hydrogens (tertiary/aromatic N) is 2. The molecule has 2 aromatic rings. The normalized spacial score (nSPS) is 11.6. The van der Waals surface area contributed by atoms with Crippen molar-refractivity contribution in [1.29, 1.82) is 0 Å². The van der Waals surface area contributed by atoms with Gasteiger partial charge < -0.3 is 0 Å². The summed E-state index contributed by atoms with van der Waals surface area (Å²) in [6.45, 7) is 2.39. The third-order valence-corrected chi connectivity index (χ3v) is 4.98. The van der Waals surface area contributed by atoms with Crippen LogP contribution in [-0.4, -0.2) is 24.0 Å². The molecule has 1 aromatic heterocycles. The zero-order valence-corrected chi connectivity index (χ0v) is 14.4. The van der Waals surface area contributed by atoms with Gasteiger partial charge in [-0.3, -0.25) is 9.40 Å². The Bertz CT molecular complexity index is 744. The van der Waals surface area contributed by atoms with Crippen molar-refractivity contribution in [2.24, 2.45) is 0 Å². The van der Waals surface area contributed by atoms with Crippen LogP contribution in [0.2, 0.25) is 10.0 Å². The molecule has 8 heteroatoms. The standard InChI is InChI=1S/C14H17Cl2N3O2S/c1-2-3-6-22(20,21)18-13-8-17-19(10-13)9-11-4-5-12(15)7-14(11)16/h4-5,7-8,10,18H,2-3,6,9H2,1H3. The maximum atomic E-state index is 11.8. The van der Waals surface area contributed by atoms with Gasteiger partial charge in [-0.2, -0.15) is 5.10 Å². The van der Waals surface area contributed by atoms with E-state index in [2.05, 4.69) is 9.82 Å². The summed E-state index contributed by atoms with van der Waals surface area (Å²) in [6, 6.07) is 5.23. The second kappa shape index (κ2) is 7.35. The van der Waals surface area contributed by atoms with Crippen molar-refractivity contribution in [3.05, 3.63) is 46.2 Å². The first-order valence-corrected chi connectivity index (χ1v) is 9.27. The highest BCUT2D eigenvalue weighted by molar-refractivity contribution is 7.92. The van der Waals surface area contributed by atoms with Gasteiger partial charge in [-0.15, -0.1) is 0 Å². The molecule has 0 radical (unpaired) electrons. The van der Waals surface area contributed by atoms with Gasteiger partial charge in [-0.25, -0.2) is 8.42 Å². The van der Waals surface area contributed by atoms with Gasteiger partial charge in [0.1, 0.15) is 0 Å². The highest BCUT2D eigenvalue weighted by Gasteiger charge is 2.11. The van der Waals surface area contributed by atoms with Crippen LogP contribution in [0.25, 0.3) is 0 Å². The molecule has 0 saturated heterocycles. The van der Waals surface area contributed by atoms with E-state index in [0.717, 1.165) is 12.0 Å². The van der Waals surface area contributed by atoms with Crippen LogP contribution >= 0.6 is 23.2 Å². The van der Waals surface area contributed by atoms with E-state index in [1.165, 1.54) is 6.20 Å². The summed E-state index contributed by atoms with van der Waals surface area (Å²) >= 11 is 12.0. The predicted octanol–water partition coefficient (Wildman–Crippen LogP) is 3.78. The minimum atomic E-state index is -3.32. The highest BCUT2D eigenvalue weighted by atomic mass is 35.5. The van der Waals surface area contributed by atoms with Crippen LogP contribution in [0, 0.1) is 0 Å². The Balaban J connectivity index is 2.05. The van der Waals surface area contributed by atoms with E-state index in [1.807, 2.05) is 13.0 Å². The molecule has 0 saturated carbocycles. The average Bonchev–Trinajstić information content (AvgIpc) is 2.86. The summed E-state index contributed by atoms with van der Waals surface area (Å²) in [6.07, 6.45) is 4.57. The molecule has 0 fully saturated rings. The first-order valence-electron chi connectivity index (χ1n) is 6.86.